The number of amides is 2. The van der Waals surface area contributed by atoms with Crippen LogP contribution in [0.15, 0.2) is 59.5 Å². The number of piperazine rings is 1. The van der Waals surface area contributed by atoms with Gasteiger partial charge >= 0.3 is 0 Å². The summed E-state index contributed by atoms with van der Waals surface area (Å²) in [5.41, 5.74) is 2.77. The number of halogens is 1. The van der Waals surface area contributed by atoms with Crippen LogP contribution in [0.2, 0.25) is 4.34 Å². The van der Waals surface area contributed by atoms with Gasteiger partial charge in [0.1, 0.15) is 6.04 Å². The van der Waals surface area contributed by atoms with Gasteiger partial charge in [-0.25, -0.2) is 0 Å². The lowest BCUT2D eigenvalue weighted by Gasteiger charge is -2.41. The van der Waals surface area contributed by atoms with Gasteiger partial charge in [-0.2, -0.15) is 0 Å². The fourth-order valence-corrected chi connectivity index (χ4v) is 5.05. The van der Waals surface area contributed by atoms with Crippen LogP contribution in [0, 0.1) is 5.92 Å². The lowest BCUT2D eigenvalue weighted by molar-refractivity contribution is -0.153. The summed E-state index contributed by atoms with van der Waals surface area (Å²) in [4.78, 5) is 43.8. The first-order chi connectivity index (χ1) is 16.8. The van der Waals surface area contributed by atoms with E-state index in [0.29, 0.717) is 35.5 Å². The van der Waals surface area contributed by atoms with Gasteiger partial charge in [-0.15, -0.1) is 0 Å². The van der Waals surface area contributed by atoms with Gasteiger partial charge in [0.15, 0.2) is 11.7 Å². The summed E-state index contributed by atoms with van der Waals surface area (Å²) in [6.45, 7) is 5.39. The van der Waals surface area contributed by atoms with Crippen molar-refractivity contribution in [2.24, 2.45) is 5.92 Å². The number of aromatic nitrogens is 1. The van der Waals surface area contributed by atoms with Crippen LogP contribution < -0.4 is 10.3 Å². The first-order valence-electron chi connectivity index (χ1n) is 11.5. The van der Waals surface area contributed by atoms with E-state index in [1.807, 2.05) is 29.2 Å². The molecule has 0 spiro atoms. The molecule has 2 aromatic heterocycles. The first kappa shape index (κ1) is 25.0. The molecule has 3 aromatic rings. The number of nitrogens with zero attached hydrogens (tertiary/aromatic N) is 2. The van der Waals surface area contributed by atoms with Gasteiger partial charge in [0.25, 0.3) is 5.91 Å². The lowest BCUT2D eigenvalue weighted by atomic mass is 9.98. The van der Waals surface area contributed by atoms with Crippen LogP contribution in [0.25, 0.3) is 11.1 Å². The number of hydrogen-bond acceptors (Lipinski definition) is 5. The average Bonchev–Trinajstić information content (AvgIpc) is 3.26. The zero-order valence-electron chi connectivity index (χ0n) is 19.7. The maximum absolute atomic E-state index is 13.4. The minimum atomic E-state index is -0.507. The molecular formula is C26H28ClN3O4S. The SMILES string of the molecule is CC(C)CC1C(=O)N(Cc2ccc(-c3ccc(=O)[nH]c3)cc2)CCN1C(=O)COc1ccc(Cl)s1. The van der Waals surface area contributed by atoms with E-state index in [2.05, 4.69) is 18.8 Å². The molecule has 1 aliphatic heterocycles. The van der Waals surface area contributed by atoms with Gasteiger partial charge in [0.2, 0.25) is 11.5 Å². The van der Waals surface area contributed by atoms with Crippen molar-refractivity contribution in [3.05, 3.63) is 75.0 Å². The van der Waals surface area contributed by atoms with Crippen molar-refractivity contribution in [2.75, 3.05) is 19.7 Å². The number of hydrogen-bond donors (Lipinski definition) is 1. The van der Waals surface area contributed by atoms with E-state index in [-0.39, 0.29) is 29.9 Å². The Hall–Kier alpha value is -3.10. The second kappa shape index (κ2) is 11.1. The number of ether oxygens (including phenoxy) is 1. The molecule has 3 heterocycles. The van der Waals surface area contributed by atoms with Crippen LogP contribution in [-0.4, -0.2) is 52.3 Å². The summed E-state index contributed by atoms with van der Waals surface area (Å²) >= 11 is 7.20. The fourth-order valence-electron chi connectivity index (χ4n) is 4.17. The molecule has 1 aliphatic rings. The van der Waals surface area contributed by atoms with Gasteiger partial charge in [0, 0.05) is 31.9 Å². The van der Waals surface area contributed by atoms with Gasteiger partial charge in [-0.1, -0.05) is 61.1 Å². The maximum Gasteiger partial charge on any atom is 0.261 e. The Morgan fingerprint density at radius 1 is 1.09 bits per heavy atom. The largest absolute Gasteiger partial charge is 0.474 e. The van der Waals surface area contributed by atoms with Crippen molar-refractivity contribution in [2.45, 2.75) is 32.9 Å². The molecule has 0 saturated carbocycles. The summed E-state index contributed by atoms with van der Waals surface area (Å²) < 4.78 is 6.20. The quantitative estimate of drug-likeness (QED) is 0.483. The highest BCUT2D eigenvalue weighted by Crippen LogP contribution is 2.28. The Morgan fingerprint density at radius 3 is 2.46 bits per heavy atom. The summed E-state index contributed by atoms with van der Waals surface area (Å²) in [6, 6.07) is 14.2. The Morgan fingerprint density at radius 2 is 1.83 bits per heavy atom. The van der Waals surface area contributed by atoms with Gasteiger partial charge in [0.05, 0.1) is 4.34 Å². The highest BCUT2D eigenvalue weighted by molar-refractivity contribution is 7.17. The van der Waals surface area contributed by atoms with Gasteiger partial charge in [-0.3, -0.25) is 14.4 Å². The predicted octanol–water partition coefficient (Wildman–Crippen LogP) is 4.42. The summed E-state index contributed by atoms with van der Waals surface area (Å²) in [5.74, 6) is 0.0217. The molecule has 7 nitrogen and oxygen atoms in total. The monoisotopic (exact) mass is 513 g/mol. The number of nitrogens with one attached hydrogen (secondary N) is 1. The number of pyridine rings is 1. The van der Waals surface area contributed by atoms with Crippen molar-refractivity contribution < 1.29 is 14.3 Å². The number of benzene rings is 1. The molecular weight excluding hydrogens is 486 g/mol. The maximum atomic E-state index is 13.4. The number of thiophene rings is 1. The molecule has 1 N–H and O–H groups in total. The summed E-state index contributed by atoms with van der Waals surface area (Å²) in [6.07, 6.45) is 2.28. The Balaban J connectivity index is 1.41. The normalized spacial score (nSPS) is 16.1. The highest BCUT2D eigenvalue weighted by atomic mass is 35.5. The summed E-state index contributed by atoms with van der Waals surface area (Å²) in [7, 11) is 0. The van der Waals surface area contributed by atoms with Crippen LogP contribution in [0.4, 0.5) is 0 Å². The predicted molar refractivity (Wildman–Crippen MR) is 138 cm³/mol. The molecule has 0 radical (unpaired) electrons. The zero-order chi connectivity index (χ0) is 24.9. The van der Waals surface area contributed by atoms with Crippen molar-refractivity contribution in [3.63, 3.8) is 0 Å². The number of H-pyrrole nitrogens is 1. The molecule has 2 amide bonds. The molecule has 1 unspecified atom stereocenters. The van der Waals surface area contributed by atoms with Gasteiger partial charge < -0.3 is 19.5 Å². The third-order valence-electron chi connectivity index (χ3n) is 5.93. The van der Waals surface area contributed by atoms with E-state index in [1.54, 1.807) is 29.3 Å². The molecule has 1 saturated heterocycles. The Labute approximate surface area is 213 Å². The zero-order valence-corrected chi connectivity index (χ0v) is 21.3. The molecule has 0 bridgehead atoms. The van der Waals surface area contributed by atoms with E-state index in [0.717, 1.165) is 16.7 Å². The van der Waals surface area contributed by atoms with Crippen molar-refractivity contribution >= 4 is 34.8 Å². The van der Waals surface area contributed by atoms with Crippen LogP contribution in [0.1, 0.15) is 25.8 Å². The van der Waals surface area contributed by atoms with Crippen LogP contribution in [-0.2, 0) is 16.1 Å². The second-order valence-corrected chi connectivity index (χ2v) is 10.7. The number of carbonyl (C=O) groups is 2. The average molecular weight is 514 g/mol. The lowest BCUT2D eigenvalue weighted by Crippen LogP contribution is -2.59. The minimum absolute atomic E-state index is 0.0396. The summed E-state index contributed by atoms with van der Waals surface area (Å²) in [5, 5.41) is 0.582. The Kier molecular flexibility index (Phi) is 7.93. The Bertz CT molecular complexity index is 1220. The van der Waals surface area contributed by atoms with E-state index >= 15 is 0 Å². The van der Waals surface area contributed by atoms with Crippen LogP contribution >= 0.6 is 22.9 Å². The smallest absolute Gasteiger partial charge is 0.261 e. The van der Waals surface area contributed by atoms with E-state index in [1.165, 1.54) is 17.4 Å². The van der Waals surface area contributed by atoms with Crippen molar-refractivity contribution in [1.82, 2.24) is 14.8 Å². The molecule has 1 atom stereocenters. The van der Waals surface area contributed by atoms with E-state index < -0.39 is 6.04 Å². The topological polar surface area (TPSA) is 82.7 Å². The second-order valence-electron chi connectivity index (χ2n) is 8.98. The molecule has 0 aliphatic carbocycles. The molecule has 4 rings (SSSR count). The van der Waals surface area contributed by atoms with Crippen molar-refractivity contribution in [3.8, 4) is 16.2 Å². The fraction of sp³-hybridized carbons (Fsp3) is 0.346. The highest BCUT2D eigenvalue weighted by Gasteiger charge is 2.37. The third-order valence-corrected chi connectivity index (χ3v) is 7.07. The first-order valence-corrected chi connectivity index (χ1v) is 12.7. The molecule has 184 valence electrons. The van der Waals surface area contributed by atoms with Crippen LogP contribution in [0.5, 0.6) is 5.06 Å². The minimum Gasteiger partial charge on any atom is -0.474 e. The van der Waals surface area contributed by atoms with Gasteiger partial charge in [-0.05, 0) is 47.2 Å². The number of aromatic amines is 1. The standard InChI is InChI=1S/C26H28ClN3O4S/c1-17(2)13-21-26(33)29(11-12-30(21)24(32)16-34-25-10-8-22(27)35-25)15-18-3-5-19(6-4-18)20-7-9-23(31)28-14-20/h3-10,14,17,21H,11-13,15-16H2,1-2H3,(H,28,31). The number of carbonyl (C=O) groups excluding carboxylic acids is 2. The van der Waals surface area contributed by atoms with E-state index in [9.17, 15) is 14.4 Å². The molecule has 35 heavy (non-hydrogen) atoms. The number of rotatable bonds is 8. The molecule has 1 aromatic carbocycles. The van der Waals surface area contributed by atoms with E-state index in [4.69, 9.17) is 16.3 Å². The van der Waals surface area contributed by atoms with Crippen molar-refractivity contribution in [1.29, 1.82) is 0 Å². The third kappa shape index (κ3) is 6.32. The molecule has 1 fully saturated rings. The molecule has 9 heteroatoms. The van der Waals surface area contributed by atoms with Crippen LogP contribution in [0.3, 0.4) is 0 Å².